The van der Waals surface area contributed by atoms with Crippen molar-refractivity contribution in [3.05, 3.63) is 65.2 Å². The number of anilines is 1. The number of Topliss-reactive ketones (excluding diaryl/α,β-unsaturated/α-hetero) is 1. The molecule has 0 saturated heterocycles. The first kappa shape index (κ1) is 17.5. The van der Waals surface area contributed by atoms with Gasteiger partial charge in [-0.15, -0.1) is 0 Å². The maximum Gasteiger partial charge on any atom is 0.409 e. The van der Waals surface area contributed by atoms with Crippen LogP contribution < -0.4 is 10.6 Å². The first-order valence-corrected chi connectivity index (χ1v) is 7.87. The number of carbonyl (C=O) groups is 2. The number of rotatable bonds is 6. The molecule has 0 saturated carbocycles. The molecule has 0 bridgehead atoms. The number of aryl methyl sites for hydroxylation is 2. The monoisotopic (exact) mass is 326 g/mol. The summed E-state index contributed by atoms with van der Waals surface area (Å²) in [7, 11) is 0. The fourth-order valence-electron chi connectivity index (χ4n) is 2.27. The van der Waals surface area contributed by atoms with Gasteiger partial charge in [0.05, 0.1) is 6.61 Å². The Balaban J connectivity index is 2.27. The molecule has 0 unspecified atom stereocenters. The van der Waals surface area contributed by atoms with Crippen molar-refractivity contribution >= 4 is 17.6 Å². The van der Waals surface area contributed by atoms with Crippen LogP contribution in [0.2, 0.25) is 0 Å². The SMILES string of the molecule is CCOC(=O)N[C@@H](Nc1cc(C)ccc1C)C(=O)c1ccccc1. The van der Waals surface area contributed by atoms with Gasteiger partial charge in [-0.3, -0.25) is 10.1 Å². The van der Waals surface area contributed by atoms with Gasteiger partial charge in [-0.2, -0.15) is 0 Å². The van der Waals surface area contributed by atoms with E-state index in [1.165, 1.54) is 0 Å². The highest BCUT2D eigenvalue weighted by Crippen LogP contribution is 2.18. The van der Waals surface area contributed by atoms with Crippen LogP contribution in [0.4, 0.5) is 10.5 Å². The summed E-state index contributed by atoms with van der Waals surface area (Å²) >= 11 is 0. The van der Waals surface area contributed by atoms with E-state index in [1.807, 2.05) is 38.1 Å². The number of nitrogens with one attached hydrogen (secondary N) is 2. The van der Waals surface area contributed by atoms with E-state index in [0.717, 1.165) is 16.8 Å². The molecule has 2 aromatic rings. The molecule has 2 rings (SSSR count). The second-order valence-electron chi connectivity index (χ2n) is 5.49. The molecule has 0 heterocycles. The van der Waals surface area contributed by atoms with E-state index in [1.54, 1.807) is 31.2 Å². The van der Waals surface area contributed by atoms with Crippen LogP contribution in [0.1, 0.15) is 28.4 Å². The molecule has 0 radical (unpaired) electrons. The highest BCUT2D eigenvalue weighted by atomic mass is 16.5. The van der Waals surface area contributed by atoms with E-state index >= 15 is 0 Å². The zero-order valence-electron chi connectivity index (χ0n) is 14.1. The molecule has 24 heavy (non-hydrogen) atoms. The number of benzene rings is 2. The molecule has 2 N–H and O–H groups in total. The Hall–Kier alpha value is -2.82. The molecule has 0 fully saturated rings. The third-order valence-electron chi connectivity index (χ3n) is 3.55. The third-order valence-corrected chi connectivity index (χ3v) is 3.55. The van der Waals surface area contributed by atoms with E-state index in [9.17, 15) is 9.59 Å². The summed E-state index contributed by atoms with van der Waals surface area (Å²) < 4.78 is 4.91. The Morgan fingerprint density at radius 1 is 1.08 bits per heavy atom. The lowest BCUT2D eigenvalue weighted by atomic mass is 10.1. The van der Waals surface area contributed by atoms with Crippen molar-refractivity contribution in [1.82, 2.24) is 5.32 Å². The summed E-state index contributed by atoms with van der Waals surface area (Å²) in [5, 5.41) is 5.70. The number of carbonyl (C=O) groups excluding carboxylic acids is 2. The highest BCUT2D eigenvalue weighted by Gasteiger charge is 2.23. The number of ether oxygens (including phenoxy) is 1. The van der Waals surface area contributed by atoms with Crippen molar-refractivity contribution in [2.24, 2.45) is 0 Å². The van der Waals surface area contributed by atoms with Gasteiger partial charge in [0.1, 0.15) is 0 Å². The van der Waals surface area contributed by atoms with E-state index in [4.69, 9.17) is 4.74 Å². The molecule has 0 spiro atoms. The van der Waals surface area contributed by atoms with Crippen LogP contribution in [0.3, 0.4) is 0 Å². The average Bonchev–Trinajstić information content (AvgIpc) is 2.58. The minimum absolute atomic E-state index is 0.232. The standard InChI is InChI=1S/C19H22N2O3/c1-4-24-19(23)21-18(17(22)15-8-6-5-7-9-15)20-16-12-13(2)10-11-14(16)3/h5-12,18,20H,4H2,1-3H3,(H,21,23)/t18-/m1/s1. The molecule has 2 aromatic carbocycles. The molecule has 0 aliphatic heterocycles. The van der Waals surface area contributed by atoms with Crippen molar-refractivity contribution in [3.63, 3.8) is 0 Å². The molecule has 0 aliphatic rings. The third kappa shape index (κ3) is 4.59. The van der Waals surface area contributed by atoms with Crippen LogP contribution in [-0.2, 0) is 4.74 Å². The van der Waals surface area contributed by atoms with Gasteiger partial charge in [-0.25, -0.2) is 4.79 Å². The van der Waals surface area contributed by atoms with Gasteiger partial charge in [0, 0.05) is 11.3 Å². The molecule has 1 amide bonds. The lowest BCUT2D eigenvalue weighted by molar-refractivity contribution is 0.0938. The lowest BCUT2D eigenvalue weighted by Crippen LogP contribution is -2.46. The van der Waals surface area contributed by atoms with E-state index < -0.39 is 12.3 Å². The summed E-state index contributed by atoms with van der Waals surface area (Å²) in [6.07, 6.45) is -1.54. The van der Waals surface area contributed by atoms with Gasteiger partial charge in [0.15, 0.2) is 6.17 Å². The average molecular weight is 326 g/mol. The van der Waals surface area contributed by atoms with Gasteiger partial charge in [0.25, 0.3) is 0 Å². The van der Waals surface area contributed by atoms with Gasteiger partial charge in [-0.05, 0) is 38.0 Å². The largest absolute Gasteiger partial charge is 0.450 e. The predicted molar refractivity (Wildman–Crippen MR) is 94.3 cm³/mol. The maximum atomic E-state index is 12.8. The molecular weight excluding hydrogens is 304 g/mol. The van der Waals surface area contributed by atoms with Crippen LogP contribution in [0.15, 0.2) is 48.5 Å². The Morgan fingerprint density at radius 3 is 2.46 bits per heavy atom. The number of hydrogen-bond donors (Lipinski definition) is 2. The summed E-state index contributed by atoms with van der Waals surface area (Å²) in [6, 6.07) is 14.7. The topological polar surface area (TPSA) is 67.4 Å². The minimum atomic E-state index is -0.910. The first-order chi connectivity index (χ1) is 11.5. The van der Waals surface area contributed by atoms with Crippen molar-refractivity contribution < 1.29 is 14.3 Å². The fraction of sp³-hybridized carbons (Fsp3) is 0.263. The summed E-state index contributed by atoms with van der Waals surface area (Å²) in [5.74, 6) is -0.232. The Kier molecular flexibility index (Phi) is 5.95. The van der Waals surface area contributed by atoms with Gasteiger partial charge >= 0.3 is 6.09 Å². The van der Waals surface area contributed by atoms with Crippen molar-refractivity contribution in [1.29, 1.82) is 0 Å². The molecule has 5 heteroatoms. The maximum absolute atomic E-state index is 12.8. The van der Waals surface area contributed by atoms with Gasteiger partial charge < -0.3 is 10.1 Å². The highest BCUT2D eigenvalue weighted by molar-refractivity contribution is 6.02. The zero-order valence-corrected chi connectivity index (χ0v) is 14.1. The smallest absolute Gasteiger partial charge is 0.409 e. The predicted octanol–water partition coefficient (Wildman–Crippen LogP) is 3.67. The molecule has 1 atom stereocenters. The van der Waals surface area contributed by atoms with Crippen LogP contribution >= 0.6 is 0 Å². The zero-order chi connectivity index (χ0) is 17.5. The Morgan fingerprint density at radius 2 is 1.79 bits per heavy atom. The second-order valence-corrected chi connectivity index (χ2v) is 5.49. The van der Waals surface area contributed by atoms with Crippen molar-refractivity contribution in [3.8, 4) is 0 Å². The van der Waals surface area contributed by atoms with Crippen LogP contribution in [0, 0.1) is 13.8 Å². The fourth-order valence-corrected chi connectivity index (χ4v) is 2.27. The van der Waals surface area contributed by atoms with Crippen molar-refractivity contribution in [2.45, 2.75) is 26.9 Å². The number of ketones is 1. The van der Waals surface area contributed by atoms with Gasteiger partial charge in [0.2, 0.25) is 5.78 Å². The first-order valence-electron chi connectivity index (χ1n) is 7.87. The summed E-state index contributed by atoms with van der Waals surface area (Å²) in [4.78, 5) is 24.6. The van der Waals surface area contributed by atoms with Gasteiger partial charge in [-0.1, -0.05) is 42.5 Å². The van der Waals surface area contributed by atoms with E-state index in [0.29, 0.717) is 5.56 Å². The minimum Gasteiger partial charge on any atom is -0.450 e. The number of alkyl carbamates (subject to hydrolysis) is 1. The van der Waals surface area contributed by atoms with Crippen molar-refractivity contribution in [2.75, 3.05) is 11.9 Å². The molecular formula is C19H22N2O3. The van der Waals surface area contributed by atoms with E-state index in [-0.39, 0.29) is 12.4 Å². The summed E-state index contributed by atoms with van der Waals surface area (Å²) in [5.41, 5.74) is 3.35. The number of hydrogen-bond acceptors (Lipinski definition) is 4. The quantitative estimate of drug-likeness (QED) is 0.628. The normalized spacial score (nSPS) is 11.5. The number of amides is 1. The lowest BCUT2D eigenvalue weighted by Gasteiger charge is -2.21. The molecule has 5 nitrogen and oxygen atoms in total. The van der Waals surface area contributed by atoms with Crippen LogP contribution in [0.25, 0.3) is 0 Å². The Bertz CT molecular complexity index is 714. The second kappa shape index (κ2) is 8.15. The molecule has 0 aliphatic carbocycles. The molecule has 126 valence electrons. The molecule has 0 aromatic heterocycles. The van der Waals surface area contributed by atoms with Crippen LogP contribution in [0.5, 0.6) is 0 Å². The summed E-state index contributed by atoms with van der Waals surface area (Å²) in [6.45, 7) is 5.86. The Labute approximate surface area is 142 Å². The van der Waals surface area contributed by atoms with E-state index in [2.05, 4.69) is 10.6 Å². The van der Waals surface area contributed by atoms with Crippen LogP contribution in [-0.4, -0.2) is 24.6 Å².